The molecule has 1 amide bonds. The van der Waals surface area contributed by atoms with Crippen LogP contribution in [0.2, 0.25) is 10.0 Å². The van der Waals surface area contributed by atoms with Gasteiger partial charge in [0, 0.05) is 23.6 Å². The van der Waals surface area contributed by atoms with Crippen LogP contribution in [-0.2, 0) is 0 Å². The van der Waals surface area contributed by atoms with Crippen molar-refractivity contribution in [3.05, 3.63) is 52.0 Å². The van der Waals surface area contributed by atoms with Crippen LogP contribution in [0.1, 0.15) is 16.8 Å². The summed E-state index contributed by atoms with van der Waals surface area (Å²) in [5.74, 6) is 0.111. The van der Waals surface area contributed by atoms with Crippen LogP contribution in [0.4, 0.5) is 0 Å². The van der Waals surface area contributed by atoms with Crippen LogP contribution in [0.15, 0.2) is 41.3 Å². The molecule has 2 aromatic rings. The molecule has 0 radical (unpaired) electrons. The fourth-order valence-electron chi connectivity index (χ4n) is 1.89. The van der Waals surface area contributed by atoms with Crippen molar-refractivity contribution >= 4 is 41.7 Å². The molecule has 2 rings (SSSR count). The molecule has 122 valence electrons. The van der Waals surface area contributed by atoms with Gasteiger partial charge in [0.15, 0.2) is 5.75 Å². The van der Waals surface area contributed by atoms with Gasteiger partial charge in [0.05, 0.1) is 22.2 Å². The van der Waals surface area contributed by atoms with Gasteiger partial charge in [-0.3, -0.25) is 4.79 Å². The zero-order valence-corrected chi connectivity index (χ0v) is 14.5. The molecule has 4 nitrogen and oxygen atoms in total. The van der Waals surface area contributed by atoms with Crippen molar-refractivity contribution < 1.29 is 14.6 Å². The summed E-state index contributed by atoms with van der Waals surface area (Å²) in [7, 11) is 0. The molecule has 0 unspecified atom stereocenters. The number of aromatic hydroxyl groups is 1. The molecule has 0 aliphatic rings. The number of rotatable bonds is 6. The number of nitrogens with one attached hydrogen (secondary N) is 1. The lowest BCUT2D eigenvalue weighted by atomic mass is 10.2. The molecule has 0 heterocycles. The molecule has 2 N–H and O–H groups in total. The van der Waals surface area contributed by atoms with Crippen LogP contribution < -0.4 is 10.1 Å². The van der Waals surface area contributed by atoms with Crippen LogP contribution in [0.3, 0.4) is 0 Å². The maximum Gasteiger partial charge on any atom is 0.252 e. The molecule has 0 atom stereocenters. The van der Waals surface area contributed by atoms with Gasteiger partial charge >= 0.3 is 0 Å². The summed E-state index contributed by atoms with van der Waals surface area (Å²) in [6, 6.07) is 9.78. The molecular weight excluding hydrogens is 357 g/mol. The Labute approximate surface area is 149 Å². The monoisotopic (exact) mass is 371 g/mol. The zero-order chi connectivity index (χ0) is 16.8. The number of phenols is 1. The Balaban J connectivity index is 1.79. The average Bonchev–Trinajstić information content (AvgIpc) is 2.49. The number of carbonyl (C=O) groups is 1. The first-order valence-electron chi connectivity index (χ1n) is 6.86. The predicted molar refractivity (Wildman–Crippen MR) is 94.3 cm³/mol. The summed E-state index contributed by atoms with van der Waals surface area (Å²) in [6.07, 6.45) is 0.577. The van der Waals surface area contributed by atoms with Crippen LogP contribution in [0, 0.1) is 0 Å². The van der Waals surface area contributed by atoms with Gasteiger partial charge in [-0.05, 0) is 18.6 Å². The van der Waals surface area contributed by atoms with E-state index in [0.717, 1.165) is 0 Å². The largest absolute Gasteiger partial charge is 0.508 e. The molecule has 0 spiro atoms. The number of thiol groups is 1. The highest BCUT2D eigenvalue weighted by atomic mass is 35.5. The zero-order valence-electron chi connectivity index (χ0n) is 12.1. The van der Waals surface area contributed by atoms with Crippen molar-refractivity contribution in [2.75, 3.05) is 13.2 Å². The fourth-order valence-corrected chi connectivity index (χ4v) is 2.74. The summed E-state index contributed by atoms with van der Waals surface area (Å²) >= 11 is 16.1. The standard InChI is InChI=1S/C16H15Cl2NO3S/c17-12-8-10(20)9-13(18)15(12)22-7-3-6-19-16(21)11-4-1-2-5-14(11)23/h1-2,4-5,8-9,20,23H,3,6-7H2,(H,19,21). The molecule has 0 fully saturated rings. The van der Waals surface area contributed by atoms with Crippen molar-refractivity contribution in [1.82, 2.24) is 5.32 Å². The number of hydrogen-bond donors (Lipinski definition) is 3. The van der Waals surface area contributed by atoms with E-state index < -0.39 is 0 Å². The highest BCUT2D eigenvalue weighted by molar-refractivity contribution is 7.80. The second kappa shape index (κ2) is 8.34. The van der Waals surface area contributed by atoms with Gasteiger partial charge in [-0.25, -0.2) is 0 Å². The van der Waals surface area contributed by atoms with E-state index in [2.05, 4.69) is 17.9 Å². The molecule has 23 heavy (non-hydrogen) atoms. The van der Waals surface area contributed by atoms with Gasteiger partial charge in [-0.1, -0.05) is 35.3 Å². The van der Waals surface area contributed by atoms with E-state index in [1.807, 2.05) is 6.07 Å². The Hall–Kier alpha value is -1.56. The first kappa shape index (κ1) is 17.8. The van der Waals surface area contributed by atoms with E-state index >= 15 is 0 Å². The number of hydrogen-bond acceptors (Lipinski definition) is 4. The molecule has 2 aromatic carbocycles. The van der Waals surface area contributed by atoms with Crippen molar-refractivity contribution in [3.63, 3.8) is 0 Å². The lowest BCUT2D eigenvalue weighted by Crippen LogP contribution is -2.25. The molecule has 0 saturated heterocycles. The number of ether oxygens (including phenoxy) is 1. The Kier molecular flexibility index (Phi) is 6.45. The third kappa shape index (κ3) is 4.96. The van der Waals surface area contributed by atoms with Crippen molar-refractivity contribution in [2.24, 2.45) is 0 Å². The van der Waals surface area contributed by atoms with Gasteiger partial charge in [0.2, 0.25) is 0 Å². The number of halogens is 2. The summed E-state index contributed by atoms with van der Waals surface area (Å²) in [4.78, 5) is 12.6. The van der Waals surface area contributed by atoms with Crippen molar-refractivity contribution in [3.8, 4) is 11.5 Å². The fraction of sp³-hybridized carbons (Fsp3) is 0.188. The molecule has 0 saturated carbocycles. The van der Waals surface area contributed by atoms with Gasteiger partial charge in [-0.15, -0.1) is 12.6 Å². The Bertz CT molecular complexity index is 686. The third-order valence-corrected chi connectivity index (χ3v) is 3.94. The van der Waals surface area contributed by atoms with E-state index in [1.165, 1.54) is 12.1 Å². The van der Waals surface area contributed by atoms with Gasteiger partial charge in [0.25, 0.3) is 5.91 Å². The lowest BCUT2D eigenvalue weighted by Gasteiger charge is -2.11. The Morgan fingerprint density at radius 1 is 1.22 bits per heavy atom. The maximum atomic E-state index is 12.0. The van der Waals surface area contributed by atoms with E-state index in [1.54, 1.807) is 18.2 Å². The van der Waals surface area contributed by atoms with E-state index in [-0.39, 0.29) is 21.7 Å². The van der Waals surface area contributed by atoms with E-state index in [9.17, 15) is 9.90 Å². The molecule has 0 bridgehead atoms. The SMILES string of the molecule is O=C(NCCCOc1c(Cl)cc(O)cc1Cl)c1ccccc1S. The van der Waals surface area contributed by atoms with Crippen molar-refractivity contribution in [2.45, 2.75) is 11.3 Å². The van der Waals surface area contributed by atoms with Crippen molar-refractivity contribution in [1.29, 1.82) is 0 Å². The van der Waals surface area contributed by atoms with Crippen LogP contribution >= 0.6 is 35.8 Å². The summed E-state index contributed by atoms with van der Waals surface area (Å²) in [5.41, 5.74) is 0.529. The lowest BCUT2D eigenvalue weighted by molar-refractivity contribution is 0.0948. The van der Waals surface area contributed by atoms with Gasteiger partial charge < -0.3 is 15.2 Å². The minimum Gasteiger partial charge on any atom is -0.508 e. The summed E-state index contributed by atoms with van der Waals surface area (Å²) in [6.45, 7) is 0.765. The Morgan fingerprint density at radius 3 is 2.52 bits per heavy atom. The van der Waals surface area contributed by atoms with Crippen LogP contribution in [-0.4, -0.2) is 24.2 Å². The highest BCUT2D eigenvalue weighted by Gasteiger charge is 2.10. The molecular formula is C16H15Cl2NO3S. The number of amides is 1. The maximum absolute atomic E-state index is 12.0. The second-order valence-electron chi connectivity index (χ2n) is 4.71. The second-order valence-corrected chi connectivity index (χ2v) is 6.01. The molecule has 7 heteroatoms. The summed E-state index contributed by atoms with van der Waals surface area (Å²) in [5, 5.41) is 12.6. The molecule has 0 aliphatic carbocycles. The quantitative estimate of drug-likeness (QED) is 0.527. The number of phenolic OH excluding ortho intramolecular Hbond substituents is 1. The first-order chi connectivity index (χ1) is 11.0. The average molecular weight is 372 g/mol. The third-order valence-electron chi connectivity index (χ3n) is 2.98. The van der Waals surface area contributed by atoms with Gasteiger partial charge in [-0.2, -0.15) is 0 Å². The number of carbonyl (C=O) groups excluding carboxylic acids is 1. The summed E-state index contributed by atoms with van der Waals surface area (Å²) < 4.78 is 5.49. The highest BCUT2D eigenvalue weighted by Crippen LogP contribution is 2.36. The first-order valence-corrected chi connectivity index (χ1v) is 8.06. The number of benzene rings is 2. The van der Waals surface area contributed by atoms with Gasteiger partial charge in [0.1, 0.15) is 5.75 Å². The minimum atomic E-state index is -0.184. The smallest absolute Gasteiger partial charge is 0.252 e. The molecule has 0 aliphatic heterocycles. The minimum absolute atomic E-state index is 0.0231. The van der Waals surface area contributed by atoms with Crippen LogP contribution in [0.5, 0.6) is 11.5 Å². The predicted octanol–water partition coefficient (Wildman–Crippen LogP) is 4.19. The Morgan fingerprint density at radius 2 is 1.87 bits per heavy atom. The normalized spacial score (nSPS) is 10.4. The van der Waals surface area contributed by atoms with Crippen LogP contribution in [0.25, 0.3) is 0 Å². The topological polar surface area (TPSA) is 58.6 Å². The molecule has 0 aromatic heterocycles. The van der Waals surface area contributed by atoms with E-state index in [0.29, 0.717) is 35.8 Å². The van der Waals surface area contributed by atoms with E-state index in [4.69, 9.17) is 27.9 Å².